The summed E-state index contributed by atoms with van der Waals surface area (Å²) in [5.41, 5.74) is 7.63. The molecule has 5 nitrogen and oxygen atoms in total. The van der Waals surface area contributed by atoms with Crippen molar-refractivity contribution in [2.75, 3.05) is 24.6 Å². The number of nitrogens with zero attached hydrogens (tertiary/aromatic N) is 3. The summed E-state index contributed by atoms with van der Waals surface area (Å²) in [4.78, 5) is 11.6. The zero-order valence-corrected chi connectivity index (χ0v) is 11.7. The van der Waals surface area contributed by atoms with Gasteiger partial charge >= 0.3 is 0 Å². The number of para-hydroxylation sites is 2. The quantitative estimate of drug-likeness (QED) is 0.921. The summed E-state index contributed by atoms with van der Waals surface area (Å²) in [7, 11) is 0. The maximum atomic E-state index is 5.87. The van der Waals surface area contributed by atoms with Crippen molar-refractivity contribution in [2.45, 2.75) is 25.8 Å². The van der Waals surface area contributed by atoms with Gasteiger partial charge in [0, 0.05) is 19.1 Å². The first kappa shape index (κ1) is 13.1. The van der Waals surface area contributed by atoms with Crippen molar-refractivity contribution in [3.63, 3.8) is 0 Å². The van der Waals surface area contributed by atoms with Crippen LogP contribution in [0.2, 0.25) is 0 Å². The molecule has 2 heterocycles. The monoisotopic (exact) mass is 272 g/mol. The van der Waals surface area contributed by atoms with Gasteiger partial charge in [-0.1, -0.05) is 12.1 Å². The highest BCUT2D eigenvalue weighted by Gasteiger charge is 2.28. The van der Waals surface area contributed by atoms with Gasteiger partial charge in [0.1, 0.15) is 0 Å². The fourth-order valence-electron chi connectivity index (χ4n) is 2.75. The van der Waals surface area contributed by atoms with Gasteiger partial charge in [-0.2, -0.15) is 0 Å². The van der Waals surface area contributed by atoms with Gasteiger partial charge in [0.15, 0.2) is 5.82 Å². The fourth-order valence-corrected chi connectivity index (χ4v) is 2.75. The molecule has 1 aliphatic rings. The Labute approximate surface area is 118 Å². The van der Waals surface area contributed by atoms with E-state index in [0.717, 1.165) is 36.2 Å². The molecule has 5 heteroatoms. The number of fused-ring (bicyclic) bond motifs is 1. The van der Waals surface area contributed by atoms with Crippen LogP contribution in [0, 0.1) is 0 Å². The second-order valence-corrected chi connectivity index (χ2v) is 5.00. The molecule has 1 saturated heterocycles. The summed E-state index contributed by atoms with van der Waals surface area (Å²) < 4.78 is 5.69. The summed E-state index contributed by atoms with van der Waals surface area (Å²) in [6.07, 6.45) is 2.25. The van der Waals surface area contributed by atoms with E-state index in [1.807, 2.05) is 31.2 Å². The van der Waals surface area contributed by atoms with E-state index in [-0.39, 0.29) is 0 Å². The SMILES string of the molecule is CCOc1nc2ccccc2nc1N1CCC[C@H]1CN. The molecule has 0 aliphatic carbocycles. The average Bonchev–Trinajstić information content (AvgIpc) is 2.95. The molecule has 0 radical (unpaired) electrons. The first-order valence-electron chi connectivity index (χ1n) is 7.19. The summed E-state index contributed by atoms with van der Waals surface area (Å²) >= 11 is 0. The molecule has 1 fully saturated rings. The van der Waals surface area contributed by atoms with Gasteiger partial charge < -0.3 is 15.4 Å². The normalized spacial score (nSPS) is 18.7. The Balaban J connectivity index is 2.09. The molecule has 2 aromatic rings. The first-order chi connectivity index (χ1) is 9.83. The highest BCUT2D eigenvalue weighted by atomic mass is 16.5. The highest BCUT2D eigenvalue weighted by Crippen LogP contribution is 2.32. The van der Waals surface area contributed by atoms with Crippen molar-refractivity contribution in [1.29, 1.82) is 0 Å². The number of hydrogen-bond donors (Lipinski definition) is 1. The van der Waals surface area contributed by atoms with E-state index in [1.54, 1.807) is 0 Å². The molecular formula is C15H20N4O. The largest absolute Gasteiger partial charge is 0.475 e. The Bertz CT molecular complexity index is 601. The maximum Gasteiger partial charge on any atom is 0.258 e. The molecule has 2 N–H and O–H groups in total. The molecule has 3 rings (SSSR count). The second kappa shape index (κ2) is 5.63. The first-order valence-corrected chi connectivity index (χ1v) is 7.19. The number of anilines is 1. The summed E-state index contributed by atoms with van der Waals surface area (Å²) in [6.45, 7) is 4.15. The lowest BCUT2D eigenvalue weighted by Crippen LogP contribution is -2.36. The van der Waals surface area contributed by atoms with E-state index in [1.165, 1.54) is 0 Å². The second-order valence-electron chi connectivity index (χ2n) is 5.00. The number of ether oxygens (including phenoxy) is 1. The molecule has 1 aromatic carbocycles. The van der Waals surface area contributed by atoms with Crippen molar-refractivity contribution < 1.29 is 4.74 Å². The summed E-state index contributed by atoms with van der Waals surface area (Å²) in [6, 6.07) is 8.22. The molecule has 0 unspecified atom stereocenters. The van der Waals surface area contributed by atoms with Crippen molar-refractivity contribution in [3.05, 3.63) is 24.3 Å². The molecular weight excluding hydrogens is 252 g/mol. The van der Waals surface area contributed by atoms with Gasteiger partial charge in [0.05, 0.1) is 17.6 Å². The number of aromatic nitrogens is 2. The molecule has 0 saturated carbocycles. The minimum atomic E-state index is 0.338. The van der Waals surface area contributed by atoms with Gasteiger partial charge in [-0.3, -0.25) is 0 Å². The van der Waals surface area contributed by atoms with Crippen LogP contribution in [0.4, 0.5) is 5.82 Å². The van der Waals surface area contributed by atoms with E-state index in [4.69, 9.17) is 15.5 Å². The van der Waals surface area contributed by atoms with E-state index in [2.05, 4.69) is 9.88 Å². The minimum absolute atomic E-state index is 0.338. The Morgan fingerprint density at radius 1 is 1.30 bits per heavy atom. The third-order valence-corrected chi connectivity index (χ3v) is 3.72. The van der Waals surface area contributed by atoms with E-state index >= 15 is 0 Å². The Morgan fingerprint density at radius 2 is 2.05 bits per heavy atom. The van der Waals surface area contributed by atoms with Crippen molar-refractivity contribution >= 4 is 16.9 Å². The Hall–Kier alpha value is -1.88. The molecule has 1 atom stereocenters. The minimum Gasteiger partial charge on any atom is -0.475 e. The highest BCUT2D eigenvalue weighted by molar-refractivity contribution is 5.77. The molecule has 0 bridgehead atoms. The van der Waals surface area contributed by atoms with Crippen LogP contribution in [0.5, 0.6) is 5.88 Å². The summed E-state index contributed by atoms with van der Waals surface area (Å²) in [5, 5.41) is 0. The van der Waals surface area contributed by atoms with E-state index in [0.29, 0.717) is 25.1 Å². The van der Waals surface area contributed by atoms with Crippen LogP contribution in [0.1, 0.15) is 19.8 Å². The maximum absolute atomic E-state index is 5.87. The molecule has 1 aromatic heterocycles. The van der Waals surface area contributed by atoms with Crippen molar-refractivity contribution in [1.82, 2.24) is 9.97 Å². The van der Waals surface area contributed by atoms with Crippen LogP contribution >= 0.6 is 0 Å². The van der Waals surface area contributed by atoms with Crippen molar-refractivity contribution in [2.24, 2.45) is 5.73 Å². The predicted octanol–water partition coefficient (Wildman–Crippen LogP) is 1.96. The third-order valence-electron chi connectivity index (χ3n) is 3.72. The predicted molar refractivity (Wildman–Crippen MR) is 80.1 cm³/mol. The Morgan fingerprint density at radius 3 is 2.75 bits per heavy atom. The topological polar surface area (TPSA) is 64.3 Å². The van der Waals surface area contributed by atoms with Gasteiger partial charge in [0.2, 0.25) is 0 Å². The van der Waals surface area contributed by atoms with Crippen LogP contribution in [0.3, 0.4) is 0 Å². The van der Waals surface area contributed by atoms with Crippen LogP contribution in [0.15, 0.2) is 24.3 Å². The Kier molecular flexibility index (Phi) is 3.69. The van der Waals surface area contributed by atoms with Gasteiger partial charge in [-0.15, -0.1) is 0 Å². The molecule has 0 amide bonds. The van der Waals surface area contributed by atoms with Crippen LogP contribution in [0.25, 0.3) is 11.0 Å². The average molecular weight is 272 g/mol. The lowest BCUT2D eigenvalue weighted by Gasteiger charge is -2.26. The standard InChI is InChI=1S/C15H20N4O/c1-2-20-15-14(19-9-5-6-11(19)10-16)17-12-7-3-4-8-13(12)18-15/h3-4,7-8,11H,2,5-6,9-10,16H2,1H3/t11-/m0/s1. The van der Waals surface area contributed by atoms with Crippen molar-refractivity contribution in [3.8, 4) is 5.88 Å². The molecule has 1 aliphatic heterocycles. The van der Waals surface area contributed by atoms with Crippen LogP contribution < -0.4 is 15.4 Å². The molecule has 0 spiro atoms. The van der Waals surface area contributed by atoms with Crippen LogP contribution in [-0.4, -0.2) is 35.7 Å². The van der Waals surface area contributed by atoms with Gasteiger partial charge in [-0.25, -0.2) is 9.97 Å². The lowest BCUT2D eigenvalue weighted by atomic mass is 10.2. The van der Waals surface area contributed by atoms with Gasteiger partial charge in [0.25, 0.3) is 5.88 Å². The van der Waals surface area contributed by atoms with Gasteiger partial charge in [-0.05, 0) is 31.9 Å². The fraction of sp³-hybridized carbons (Fsp3) is 0.467. The zero-order chi connectivity index (χ0) is 13.9. The number of hydrogen-bond acceptors (Lipinski definition) is 5. The lowest BCUT2D eigenvalue weighted by molar-refractivity contribution is 0.326. The number of nitrogens with two attached hydrogens (primary N) is 1. The number of benzene rings is 1. The molecule has 20 heavy (non-hydrogen) atoms. The zero-order valence-electron chi connectivity index (χ0n) is 11.7. The third kappa shape index (κ3) is 2.29. The molecule has 106 valence electrons. The van der Waals surface area contributed by atoms with Crippen LogP contribution in [-0.2, 0) is 0 Å². The van der Waals surface area contributed by atoms with E-state index < -0.39 is 0 Å². The smallest absolute Gasteiger partial charge is 0.258 e. The number of rotatable bonds is 4. The summed E-state index contributed by atoms with van der Waals surface area (Å²) in [5.74, 6) is 1.45. The van der Waals surface area contributed by atoms with E-state index in [9.17, 15) is 0 Å².